The van der Waals surface area contributed by atoms with Crippen LogP contribution in [0.5, 0.6) is 5.75 Å². The first-order chi connectivity index (χ1) is 14.9. The van der Waals surface area contributed by atoms with Gasteiger partial charge in [-0.2, -0.15) is 0 Å². The Balaban J connectivity index is 1.57. The molecule has 0 spiro atoms. The summed E-state index contributed by atoms with van der Waals surface area (Å²) in [7, 11) is 3.77. The quantitative estimate of drug-likeness (QED) is 0.595. The van der Waals surface area contributed by atoms with Gasteiger partial charge in [0.25, 0.3) is 0 Å². The van der Waals surface area contributed by atoms with Gasteiger partial charge in [0.1, 0.15) is 24.3 Å². The molecule has 0 aromatic heterocycles. The highest BCUT2D eigenvalue weighted by Crippen LogP contribution is 2.29. The third kappa shape index (κ3) is 7.11. The first-order valence-corrected chi connectivity index (χ1v) is 10.6. The number of halogens is 1. The lowest BCUT2D eigenvalue weighted by atomic mass is 10.1. The minimum Gasteiger partial charge on any atom is -0.491 e. The summed E-state index contributed by atoms with van der Waals surface area (Å²) in [5.74, 6) is 0.204. The lowest BCUT2D eigenvalue weighted by molar-refractivity contribution is 0.0831. The van der Waals surface area contributed by atoms with Crippen molar-refractivity contribution in [2.45, 2.75) is 25.4 Å². The molecule has 0 radical (unpaired) electrons. The van der Waals surface area contributed by atoms with Gasteiger partial charge in [-0.3, -0.25) is 0 Å². The second kappa shape index (κ2) is 11.0. The van der Waals surface area contributed by atoms with E-state index in [0.717, 1.165) is 31.6 Å². The normalized spacial score (nSPS) is 14.9. The molecule has 3 N–H and O–H groups in total. The summed E-state index contributed by atoms with van der Waals surface area (Å²) in [6.07, 6.45) is 2.78. The molecule has 1 heterocycles. The molecule has 31 heavy (non-hydrogen) atoms. The number of ether oxygens (including phenoxy) is 1. The van der Waals surface area contributed by atoms with E-state index in [2.05, 4.69) is 15.5 Å². The second-order valence-electron chi connectivity index (χ2n) is 8.04. The fraction of sp³-hybridized carbons (Fsp3) is 0.435. The van der Waals surface area contributed by atoms with Gasteiger partial charge in [0, 0.05) is 25.3 Å². The maximum Gasteiger partial charge on any atom is 0.323 e. The molecule has 0 bridgehead atoms. The van der Waals surface area contributed by atoms with Crippen LogP contribution in [0, 0.1) is 5.82 Å². The second-order valence-corrected chi connectivity index (χ2v) is 8.04. The summed E-state index contributed by atoms with van der Waals surface area (Å²) in [5.41, 5.74) is 1.86. The smallest absolute Gasteiger partial charge is 0.323 e. The molecule has 2 aromatic carbocycles. The van der Waals surface area contributed by atoms with Gasteiger partial charge in [-0.1, -0.05) is 0 Å². The molecule has 8 heteroatoms. The minimum atomic E-state index is -0.584. The molecule has 168 valence electrons. The largest absolute Gasteiger partial charge is 0.491 e. The number of piperidine rings is 1. The van der Waals surface area contributed by atoms with Crippen molar-refractivity contribution in [3.63, 3.8) is 0 Å². The molecule has 0 saturated carbocycles. The Kier molecular flexibility index (Phi) is 8.08. The molecule has 1 aliphatic heterocycles. The minimum absolute atomic E-state index is 0.185. The number of rotatable bonds is 8. The van der Waals surface area contributed by atoms with E-state index in [-0.39, 0.29) is 6.61 Å². The highest BCUT2D eigenvalue weighted by molar-refractivity contribution is 6.01. The molecule has 1 aliphatic rings. The van der Waals surface area contributed by atoms with Crippen LogP contribution in [0.2, 0.25) is 0 Å². The summed E-state index contributed by atoms with van der Waals surface area (Å²) < 4.78 is 19.4. The molecule has 2 amide bonds. The van der Waals surface area contributed by atoms with E-state index in [1.165, 1.54) is 18.6 Å². The van der Waals surface area contributed by atoms with E-state index in [1.54, 1.807) is 30.3 Å². The van der Waals surface area contributed by atoms with E-state index in [9.17, 15) is 14.3 Å². The third-order valence-electron chi connectivity index (χ3n) is 5.03. The summed E-state index contributed by atoms with van der Waals surface area (Å²) in [4.78, 5) is 16.6. The summed E-state index contributed by atoms with van der Waals surface area (Å²) >= 11 is 0. The van der Waals surface area contributed by atoms with E-state index in [1.807, 2.05) is 19.0 Å². The average molecular weight is 431 g/mol. The van der Waals surface area contributed by atoms with Gasteiger partial charge in [-0.15, -0.1) is 0 Å². The maximum absolute atomic E-state index is 13.8. The van der Waals surface area contributed by atoms with Gasteiger partial charge in [-0.05, 0) is 75.8 Å². The molecule has 1 saturated heterocycles. The Hall–Kier alpha value is -2.84. The molecular formula is C23H31FN4O3. The Morgan fingerprint density at radius 1 is 1.13 bits per heavy atom. The molecule has 1 unspecified atom stereocenters. The monoisotopic (exact) mass is 430 g/mol. The van der Waals surface area contributed by atoms with Crippen molar-refractivity contribution < 1.29 is 19.0 Å². The number of urea groups is 1. The van der Waals surface area contributed by atoms with Crippen LogP contribution in [-0.4, -0.2) is 62.5 Å². The van der Waals surface area contributed by atoms with Crippen molar-refractivity contribution in [1.82, 2.24) is 4.90 Å². The lowest BCUT2D eigenvalue weighted by Crippen LogP contribution is -2.31. The lowest BCUT2D eigenvalue weighted by Gasteiger charge is -2.30. The number of carbonyl (C=O) groups is 1. The highest BCUT2D eigenvalue weighted by Gasteiger charge is 2.17. The average Bonchev–Trinajstić information content (AvgIpc) is 2.73. The number of nitrogens with zero attached hydrogens (tertiary/aromatic N) is 2. The standard InChI is InChI=1S/C23H31FN4O3/c1-27(2)15-19(29)16-31-20-9-7-18(8-10-20)25-23(30)26-21-14-17(24)6-11-22(21)28-12-4-3-5-13-28/h6-11,14,19,29H,3-5,12-13,15-16H2,1-2H3,(H2,25,26,30). The van der Waals surface area contributed by atoms with E-state index in [4.69, 9.17) is 4.74 Å². The fourth-order valence-corrected chi connectivity index (χ4v) is 3.60. The number of hydrogen-bond donors (Lipinski definition) is 3. The fourth-order valence-electron chi connectivity index (χ4n) is 3.60. The van der Waals surface area contributed by atoms with Crippen LogP contribution < -0.4 is 20.3 Å². The molecule has 2 aromatic rings. The predicted octanol–water partition coefficient (Wildman–Crippen LogP) is 3.76. The van der Waals surface area contributed by atoms with Gasteiger partial charge in [-0.25, -0.2) is 9.18 Å². The van der Waals surface area contributed by atoms with Crippen LogP contribution in [0.25, 0.3) is 0 Å². The number of amides is 2. The number of hydrogen-bond acceptors (Lipinski definition) is 5. The first kappa shape index (κ1) is 22.8. The number of likely N-dealkylation sites (N-methyl/N-ethyl adjacent to an activating group) is 1. The summed E-state index contributed by atoms with van der Waals surface area (Å²) in [6, 6.07) is 10.9. The van der Waals surface area contributed by atoms with Gasteiger partial charge in [0.15, 0.2) is 0 Å². The zero-order valence-corrected chi connectivity index (χ0v) is 18.1. The summed E-state index contributed by atoms with van der Waals surface area (Å²) in [6.45, 7) is 2.49. The zero-order chi connectivity index (χ0) is 22.2. The van der Waals surface area contributed by atoms with Gasteiger partial charge < -0.3 is 30.3 Å². The van der Waals surface area contributed by atoms with E-state index >= 15 is 0 Å². The number of benzene rings is 2. The Bertz CT molecular complexity index is 854. The van der Waals surface area contributed by atoms with E-state index in [0.29, 0.717) is 23.7 Å². The van der Waals surface area contributed by atoms with E-state index < -0.39 is 18.0 Å². The van der Waals surface area contributed by atoms with Crippen molar-refractivity contribution in [3.05, 3.63) is 48.3 Å². The van der Waals surface area contributed by atoms with Gasteiger partial charge >= 0.3 is 6.03 Å². The Labute approximate surface area is 182 Å². The van der Waals surface area contributed by atoms with Crippen LogP contribution in [0.1, 0.15) is 19.3 Å². The topological polar surface area (TPSA) is 77.1 Å². The van der Waals surface area contributed by atoms with Gasteiger partial charge in [0.05, 0.1) is 11.4 Å². The van der Waals surface area contributed by atoms with Crippen LogP contribution in [0.4, 0.5) is 26.2 Å². The molecule has 3 rings (SSSR count). The number of nitrogens with one attached hydrogen (secondary N) is 2. The van der Waals surface area contributed by atoms with Gasteiger partial charge in [0.2, 0.25) is 0 Å². The Morgan fingerprint density at radius 2 is 1.84 bits per heavy atom. The first-order valence-electron chi connectivity index (χ1n) is 10.6. The Morgan fingerprint density at radius 3 is 2.52 bits per heavy atom. The number of aliphatic hydroxyl groups is 1. The molecule has 7 nitrogen and oxygen atoms in total. The number of carbonyl (C=O) groups excluding carboxylic acids is 1. The van der Waals surface area contributed by atoms with Crippen molar-refractivity contribution in [1.29, 1.82) is 0 Å². The molecular weight excluding hydrogens is 399 g/mol. The zero-order valence-electron chi connectivity index (χ0n) is 18.1. The molecule has 0 aliphatic carbocycles. The van der Waals surface area contributed by atoms with Crippen LogP contribution in [0.3, 0.4) is 0 Å². The van der Waals surface area contributed by atoms with Crippen LogP contribution in [-0.2, 0) is 0 Å². The number of anilines is 3. The third-order valence-corrected chi connectivity index (χ3v) is 5.03. The van der Waals surface area contributed by atoms with Crippen LogP contribution in [0.15, 0.2) is 42.5 Å². The van der Waals surface area contributed by atoms with Crippen molar-refractivity contribution in [2.24, 2.45) is 0 Å². The highest BCUT2D eigenvalue weighted by atomic mass is 19.1. The maximum atomic E-state index is 13.8. The summed E-state index contributed by atoms with van der Waals surface area (Å²) in [5, 5.41) is 15.4. The predicted molar refractivity (Wildman–Crippen MR) is 122 cm³/mol. The van der Waals surface area contributed by atoms with Crippen molar-refractivity contribution in [2.75, 3.05) is 55.9 Å². The van der Waals surface area contributed by atoms with Crippen LogP contribution >= 0.6 is 0 Å². The molecule has 1 atom stereocenters. The van der Waals surface area contributed by atoms with Crippen molar-refractivity contribution >= 4 is 23.1 Å². The molecule has 1 fully saturated rings. The SMILES string of the molecule is CN(C)CC(O)COc1ccc(NC(=O)Nc2cc(F)ccc2N2CCCCC2)cc1. The van der Waals surface area contributed by atoms with Crippen molar-refractivity contribution in [3.8, 4) is 5.75 Å². The number of aliphatic hydroxyl groups excluding tert-OH is 1.